The molecule has 1 aromatic rings. The normalized spacial score (nSPS) is 15.2. The van der Waals surface area contributed by atoms with E-state index < -0.39 is 36.1 Å². The van der Waals surface area contributed by atoms with Crippen molar-refractivity contribution in [3.05, 3.63) is 23.8 Å². The molecule has 3 unspecified atom stereocenters. The Labute approximate surface area is 248 Å². The Hall–Kier alpha value is -3.54. The number of nitrogens with two attached hydrogens (primary N) is 1. The van der Waals surface area contributed by atoms with Gasteiger partial charge in [-0.15, -0.1) is 0 Å². The van der Waals surface area contributed by atoms with Crippen LogP contribution in [0.1, 0.15) is 79.7 Å². The average molecular weight is 598 g/mol. The standard InChI is InChI=1S/C30H47NO11/c1-9-19(4)17-37-27(33)41-24-13-12-23(14-25(24)42-28(34)38-18-20(5)10-2)16-30(31,26(32)36-8)15-22(7)40-29(35)39-21(6)11-3/h12-14,19-22H,9-11,15-18,31H2,1-8H3/t19?,20?,21-,22-,30?/m0/s1. The first-order valence-electron chi connectivity index (χ1n) is 14.3. The van der Waals surface area contributed by atoms with E-state index in [0.29, 0.717) is 12.0 Å². The zero-order valence-corrected chi connectivity index (χ0v) is 26.1. The number of ether oxygens (including phenoxy) is 7. The van der Waals surface area contributed by atoms with E-state index in [1.54, 1.807) is 19.9 Å². The molecule has 42 heavy (non-hydrogen) atoms. The van der Waals surface area contributed by atoms with Crippen molar-refractivity contribution in [3.63, 3.8) is 0 Å². The zero-order valence-electron chi connectivity index (χ0n) is 26.1. The molecule has 2 N–H and O–H groups in total. The Bertz CT molecular complexity index is 1030. The second-order valence-electron chi connectivity index (χ2n) is 10.7. The van der Waals surface area contributed by atoms with Gasteiger partial charge in [0.05, 0.1) is 20.3 Å². The van der Waals surface area contributed by atoms with Gasteiger partial charge in [-0.05, 0) is 49.8 Å². The van der Waals surface area contributed by atoms with Crippen LogP contribution in [0.5, 0.6) is 11.5 Å². The highest BCUT2D eigenvalue weighted by Gasteiger charge is 2.38. The Morgan fingerprint density at radius 3 is 1.79 bits per heavy atom. The molecule has 0 radical (unpaired) electrons. The number of methoxy groups -OCH3 is 1. The maximum Gasteiger partial charge on any atom is 0.513 e. The summed E-state index contributed by atoms with van der Waals surface area (Å²) in [4.78, 5) is 49.6. The van der Waals surface area contributed by atoms with Crippen LogP contribution in [0.25, 0.3) is 0 Å². The van der Waals surface area contributed by atoms with Gasteiger partial charge >= 0.3 is 24.4 Å². The third kappa shape index (κ3) is 13.0. The van der Waals surface area contributed by atoms with E-state index in [2.05, 4.69) is 0 Å². The third-order valence-electron chi connectivity index (χ3n) is 6.69. The average Bonchev–Trinajstić information content (AvgIpc) is 2.94. The first-order valence-corrected chi connectivity index (χ1v) is 14.3. The lowest BCUT2D eigenvalue weighted by Crippen LogP contribution is -2.53. The summed E-state index contributed by atoms with van der Waals surface area (Å²) in [7, 11) is 1.19. The highest BCUT2D eigenvalue weighted by molar-refractivity contribution is 5.81. The van der Waals surface area contributed by atoms with Crippen molar-refractivity contribution in [2.24, 2.45) is 17.6 Å². The van der Waals surface area contributed by atoms with E-state index in [4.69, 9.17) is 38.9 Å². The van der Waals surface area contributed by atoms with Crippen molar-refractivity contribution in [1.29, 1.82) is 0 Å². The van der Waals surface area contributed by atoms with Crippen molar-refractivity contribution in [3.8, 4) is 11.5 Å². The van der Waals surface area contributed by atoms with Crippen LogP contribution in [0.4, 0.5) is 14.4 Å². The van der Waals surface area contributed by atoms with E-state index in [-0.39, 0.29) is 55.5 Å². The molecule has 0 aliphatic carbocycles. The molecule has 0 aliphatic heterocycles. The molecule has 0 spiro atoms. The maximum absolute atomic E-state index is 12.8. The number of carbonyl (C=O) groups is 4. The lowest BCUT2D eigenvalue weighted by molar-refractivity contribution is -0.148. The second-order valence-corrected chi connectivity index (χ2v) is 10.7. The van der Waals surface area contributed by atoms with Gasteiger partial charge in [0.1, 0.15) is 17.7 Å². The third-order valence-corrected chi connectivity index (χ3v) is 6.69. The monoisotopic (exact) mass is 597 g/mol. The number of esters is 1. The van der Waals surface area contributed by atoms with E-state index >= 15 is 0 Å². The number of hydrogen-bond donors (Lipinski definition) is 1. The van der Waals surface area contributed by atoms with Crippen molar-refractivity contribution >= 4 is 24.4 Å². The van der Waals surface area contributed by atoms with Gasteiger partial charge in [-0.2, -0.15) is 0 Å². The number of benzene rings is 1. The first-order chi connectivity index (χ1) is 19.8. The fraction of sp³-hybridized carbons (Fsp3) is 0.667. The van der Waals surface area contributed by atoms with Gasteiger partial charge in [-0.1, -0.05) is 53.5 Å². The number of rotatable bonds is 16. The SMILES string of the molecule is CCC(C)COC(=O)Oc1ccc(CC(N)(C[C@H](C)OC(=O)O[C@@H](C)CC)C(=O)OC)cc1OC(=O)OCC(C)CC. The summed E-state index contributed by atoms with van der Waals surface area (Å²) in [6.07, 6.45) is -2.00. The second kappa shape index (κ2) is 18.1. The Kier molecular flexibility index (Phi) is 15.7. The fourth-order valence-corrected chi connectivity index (χ4v) is 3.51. The molecule has 5 atom stereocenters. The molecule has 0 aliphatic rings. The van der Waals surface area contributed by atoms with Gasteiger partial charge in [-0.3, -0.25) is 4.79 Å². The molecule has 12 heteroatoms. The quantitative estimate of drug-likeness (QED) is 0.136. The topological polar surface area (TPSA) is 159 Å². The number of hydrogen-bond acceptors (Lipinski definition) is 12. The Morgan fingerprint density at radius 1 is 0.762 bits per heavy atom. The lowest BCUT2D eigenvalue weighted by Gasteiger charge is -2.29. The smallest absolute Gasteiger partial charge is 0.468 e. The fourth-order valence-electron chi connectivity index (χ4n) is 3.51. The van der Waals surface area contributed by atoms with Crippen LogP contribution in [-0.4, -0.2) is 62.5 Å². The summed E-state index contributed by atoms with van der Waals surface area (Å²) in [6, 6.07) is 4.33. The highest BCUT2D eigenvalue weighted by Crippen LogP contribution is 2.32. The predicted molar refractivity (Wildman–Crippen MR) is 153 cm³/mol. The zero-order chi connectivity index (χ0) is 31.9. The van der Waals surface area contributed by atoms with Crippen LogP contribution < -0.4 is 15.2 Å². The molecule has 0 amide bonds. The van der Waals surface area contributed by atoms with Crippen molar-refractivity contribution in [1.82, 2.24) is 0 Å². The largest absolute Gasteiger partial charge is 0.513 e. The molecule has 1 rings (SSSR count). The minimum Gasteiger partial charge on any atom is -0.468 e. The predicted octanol–water partition coefficient (Wildman–Crippen LogP) is 5.95. The van der Waals surface area contributed by atoms with Crippen LogP contribution in [-0.2, 0) is 34.9 Å². The van der Waals surface area contributed by atoms with Crippen molar-refractivity contribution in [2.75, 3.05) is 20.3 Å². The molecule has 0 bridgehead atoms. The van der Waals surface area contributed by atoms with Gasteiger partial charge in [0.25, 0.3) is 0 Å². The molecular formula is C30H47NO11. The molecule has 238 valence electrons. The first kappa shape index (κ1) is 36.5. The van der Waals surface area contributed by atoms with Gasteiger partial charge in [0, 0.05) is 12.8 Å². The summed E-state index contributed by atoms with van der Waals surface area (Å²) in [5.41, 5.74) is 5.28. The molecule has 0 saturated carbocycles. The van der Waals surface area contributed by atoms with Crippen LogP contribution in [0.3, 0.4) is 0 Å². The molecule has 0 fully saturated rings. The summed E-state index contributed by atoms with van der Waals surface area (Å²) < 4.78 is 36.4. The summed E-state index contributed by atoms with van der Waals surface area (Å²) in [5, 5.41) is 0. The van der Waals surface area contributed by atoms with E-state index in [1.165, 1.54) is 19.2 Å². The Morgan fingerprint density at radius 2 is 1.29 bits per heavy atom. The summed E-state index contributed by atoms with van der Waals surface area (Å²) in [5.74, 6) is -0.753. The molecule has 0 heterocycles. The molecule has 1 aromatic carbocycles. The van der Waals surface area contributed by atoms with Crippen LogP contribution >= 0.6 is 0 Å². The lowest BCUT2D eigenvalue weighted by atomic mass is 9.86. The summed E-state index contributed by atoms with van der Waals surface area (Å²) in [6.45, 7) is 13.2. The van der Waals surface area contributed by atoms with Crippen molar-refractivity contribution in [2.45, 2.75) is 98.3 Å². The van der Waals surface area contributed by atoms with E-state index in [1.807, 2.05) is 34.6 Å². The maximum atomic E-state index is 12.8. The number of carbonyl (C=O) groups excluding carboxylic acids is 4. The van der Waals surface area contributed by atoms with Gasteiger partial charge in [-0.25, -0.2) is 14.4 Å². The van der Waals surface area contributed by atoms with Gasteiger partial charge in [0.15, 0.2) is 11.5 Å². The van der Waals surface area contributed by atoms with E-state index in [0.717, 1.165) is 12.8 Å². The highest BCUT2D eigenvalue weighted by atomic mass is 16.7. The molecule has 0 saturated heterocycles. The minimum absolute atomic E-state index is 0.0985. The minimum atomic E-state index is -1.64. The molecule has 0 aromatic heterocycles. The Balaban J connectivity index is 3.21. The van der Waals surface area contributed by atoms with Crippen LogP contribution in [0, 0.1) is 11.8 Å². The molecular weight excluding hydrogens is 550 g/mol. The van der Waals surface area contributed by atoms with E-state index in [9.17, 15) is 19.2 Å². The van der Waals surface area contributed by atoms with Crippen LogP contribution in [0.15, 0.2) is 18.2 Å². The van der Waals surface area contributed by atoms with Crippen LogP contribution in [0.2, 0.25) is 0 Å². The van der Waals surface area contributed by atoms with Gasteiger partial charge in [0.2, 0.25) is 0 Å². The van der Waals surface area contributed by atoms with Gasteiger partial charge < -0.3 is 38.9 Å². The summed E-state index contributed by atoms with van der Waals surface area (Å²) >= 11 is 0. The van der Waals surface area contributed by atoms with Crippen molar-refractivity contribution < 1.29 is 52.3 Å². The molecule has 12 nitrogen and oxygen atoms in total.